The van der Waals surface area contributed by atoms with Crippen molar-refractivity contribution in [3.8, 4) is 0 Å². The van der Waals surface area contributed by atoms with Crippen LogP contribution in [0, 0.1) is 0 Å². The SMILES string of the molecule is C=CCNc1cc(C(=O)NCCN2CCOCC2)ccn1. The average Bonchev–Trinajstić information content (AvgIpc) is 2.54. The van der Waals surface area contributed by atoms with Crippen LogP contribution in [0.15, 0.2) is 31.0 Å². The molecule has 1 amide bonds. The zero-order valence-corrected chi connectivity index (χ0v) is 12.2. The van der Waals surface area contributed by atoms with Crippen molar-refractivity contribution in [3.05, 3.63) is 36.5 Å². The van der Waals surface area contributed by atoms with Crippen LogP contribution in [-0.4, -0.2) is 61.7 Å². The third-order valence-corrected chi connectivity index (χ3v) is 3.27. The predicted octanol–water partition coefficient (Wildman–Crippen LogP) is 0.741. The number of pyridine rings is 1. The van der Waals surface area contributed by atoms with Crippen molar-refractivity contribution in [2.75, 3.05) is 51.3 Å². The highest BCUT2D eigenvalue weighted by Crippen LogP contribution is 2.06. The van der Waals surface area contributed by atoms with Gasteiger partial charge in [-0.2, -0.15) is 0 Å². The molecule has 0 aliphatic carbocycles. The quantitative estimate of drug-likeness (QED) is 0.725. The molecule has 0 radical (unpaired) electrons. The molecular formula is C15H22N4O2. The fourth-order valence-electron chi connectivity index (χ4n) is 2.10. The lowest BCUT2D eigenvalue weighted by atomic mass is 10.2. The van der Waals surface area contributed by atoms with E-state index in [4.69, 9.17) is 4.74 Å². The van der Waals surface area contributed by atoms with Crippen molar-refractivity contribution in [3.63, 3.8) is 0 Å². The van der Waals surface area contributed by atoms with E-state index in [0.717, 1.165) is 32.8 Å². The number of carbonyl (C=O) groups is 1. The highest BCUT2D eigenvalue weighted by Gasteiger charge is 2.11. The third kappa shape index (κ3) is 5.17. The van der Waals surface area contributed by atoms with Crippen molar-refractivity contribution in [1.82, 2.24) is 15.2 Å². The Morgan fingerprint density at radius 1 is 1.48 bits per heavy atom. The van der Waals surface area contributed by atoms with Gasteiger partial charge in [-0.3, -0.25) is 9.69 Å². The second kappa shape index (κ2) is 8.39. The van der Waals surface area contributed by atoms with Crippen LogP contribution in [0.4, 0.5) is 5.82 Å². The van der Waals surface area contributed by atoms with Crippen LogP contribution in [0.25, 0.3) is 0 Å². The maximum absolute atomic E-state index is 12.1. The number of hydrogen-bond donors (Lipinski definition) is 2. The first-order valence-corrected chi connectivity index (χ1v) is 7.18. The molecule has 0 atom stereocenters. The van der Waals surface area contributed by atoms with E-state index in [9.17, 15) is 4.79 Å². The van der Waals surface area contributed by atoms with E-state index in [-0.39, 0.29) is 5.91 Å². The van der Waals surface area contributed by atoms with Gasteiger partial charge in [0.25, 0.3) is 5.91 Å². The highest BCUT2D eigenvalue weighted by atomic mass is 16.5. The number of ether oxygens (including phenoxy) is 1. The molecule has 6 heteroatoms. The second-order valence-corrected chi connectivity index (χ2v) is 4.81. The summed E-state index contributed by atoms with van der Waals surface area (Å²) >= 11 is 0. The topological polar surface area (TPSA) is 66.5 Å². The van der Waals surface area contributed by atoms with E-state index in [2.05, 4.69) is 27.1 Å². The van der Waals surface area contributed by atoms with E-state index in [1.165, 1.54) is 0 Å². The molecule has 114 valence electrons. The standard InChI is InChI=1S/C15H22N4O2/c1-2-4-16-14-12-13(3-5-17-14)15(20)18-6-7-19-8-10-21-11-9-19/h2-3,5,12H,1,4,6-11H2,(H,16,17)(H,18,20). The minimum atomic E-state index is -0.0766. The summed E-state index contributed by atoms with van der Waals surface area (Å²) in [5.41, 5.74) is 0.610. The Morgan fingerprint density at radius 2 is 2.29 bits per heavy atom. The molecule has 0 unspecified atom stereocenters. The van der Waals surface area contributed by atoms with E-state index >= 15 is 0 Å². The molecule has 2 N–H and O–H groups in total. The van der Waals surface area contributed by atoms with Gasteiger partial charge in [0, 0.05) is 44.5 Å². The Balaban J connectivity index is 1.78. The Bertz CT molecular complexity index is 472. The summed E-state index contributed by atoms with van der Waals surface area (Å²) in [4.78, 5) is 18.5. The minimum Gasteiger partial charge on any atom is -0.379 e. The predicted molar refractivity (Wildman–Crippen MR) is 82.5 cm³/mol. The van der Waals surface area contributed by atoms with Crippen molar-refractivity contribution in [2.24, 2.45) is 0 Å². The zero-order valence-electron chi connectivity index (χ0n) is 12.2. The molecule has 1 aromatic heterocycles. The van der Waals surface area contributed by atoms with Crippen molar-refractivity contribution in [2.45, 2.75) is 0 Å². The molecule has 1 aromatic rings. The van der Waals surface area contributed by atoms with Crippen LogP contribution >= 0.6 is 0 Å². The molecule has 2 heterocycles. The maximum atomic E-state index is 12.1. The molecule has 2 rings (SSSR count). The van der Waals surface area contributed by atoms with Crippen LogP contribution < -0.4 is 10.6 Å². The lowest BCUT2D eigenvalue weighted by Crippen LogP contribution is -2.41. The molecule has 21 heavy (non-hydrogen) atoms. The van der Waals surface area contributed by atoms with Crippen molar-refractivity contribution >= 4 is 11.7 Å². The van der Waals surface area contributed by atoms with Crippen LogP contribution in [0.1, 0.15) is 10.4 Å². The van der Waals surface area contributed by atoms with E-state index < -0.39 is 0 Å². The van der Waals surface area contributed by atoms with Gasteiger partial charge in [-0.1, -0.05) is 6.08 Å². The number of carbonyl (C=O) groups excluding carboxylic acids is 1. The highest BCUT2D eigenvalue weighted by molar-refractivity contribution is 5.94. The summed E-state index contributed by atoms with van der Waals surface area (Å²) in [6.07, 6.45) is 3.37. The lowest BCUT2D eigenvalue weighted by molar-refractivity contribution is 0.0383. The Hall–Kier alpha value is -1.92. The van der Waals surface area contributed by atoms with Gasteiger partial charge < -0.3 is 15.4 Å². The van der Waals surface area contributed by atoms with Gasteiger partial charge in [-0.25, -0.2) is 4.98 Å². The van der Waals surface area contributed by atoms with Gasteiger partial charge >= 0.3 is 0 Å². The molecule has 6 nitrogen and oxygen atoms in total. The van der Waals surface area contributed by atoms with E-state index in [1.54, 1.807) is 24.4 Å². The summed E-state index contributed by atoms with van der Waals surface area (Å²) in [5, 5.41) is 6.00. The Labute approximate surface area is 125 Å². The molecule has 0 bridgehead atoms. The first-order chi connectivity index (χ1) is 10.3. The van der Waals surface area contributed by atoms with Gasteiger partial charge in [-0.05, 0) is 12.1 Å². The van der Waals surface area contributed by atoms with Gasteiger partial charge in [0.15, 0.2) is 0 Å². The van der Waals surface area contributed by atoms with Crippen molar-refractivity contribution < 1.29 is 9.53 Å². The molecule has 0 saturated carbocycles. The van der Waals surface area contributed by atoms with Crippen LogP contribution in [0.5, 0.6) is 0 Å². The largest absolute Gasteiger partial charge is 0.379 e. The molecule has 1 aliphatic heterocycles. The number of hydrogen-bond acceptors (Lipinski definition) is 5. The van der Waals surface area contributed by atoms with Gasteiger partial charge in [0.05, 0.1) is 13.2 Å². The number of nitrogens with one attached hydrogen (secondary N) is 2. The van der Waals surface area contributed by atoms with Gasteiger partial charge in [0.1, 0.15) is 5.82 Å². The van der Waals surface area contributed by atoms with E-state index in [1.807, 2.05) is 0 Å². The molecule has 0 aromatic carbocycles. The minimum absolute atomic E-state index is 0.0766. The summed E-state index contributed by atoms with van der Waals surface area (Å²) < 4.78 is 5.29. The van der Waals surface area contributed by atoms with Gasteiger partial charge in [-0.15, -0.1) is 6.58 Å². The zero-order chi connectivity index (χ0) is 14.9. The number of rotatable bonds is 7. The number of morpholine rings is 1. The number of amides is 1. The molecule has 1 fully saturated rings. The first kappa shape index (κ1) is 15.5. The first-order valence-electron chi connectivity index (χ1n) is 7.18. The van der Waals surface area contributed by atoms with Crippen LogP contribution in [0.2, 0.25) is 0 Å². The van der Waals surface area contributed by atoms with Gasteiger partial charge in [0.2, 0.25) is 0 Å². The maximum Gasteiger partial charge on any atom is 0.251 e. The summed E-state index contributed by atoms with van der Waals surface area (Å²) in [5.74, 6) is 0.600. The molecular weight excluding hydrogens is 268 g/mol. The molecule has 1 saturated heterocycles. The smallest absolute Gasteiger partial charge is 0.251 e. The number of anilines is 1. The van der Waals surface area contributed by atoms with E-state index in [0.29, 0.717) is 24.5 Å². The molecule has 1 aliphatic rings. The van der Waals surface area contributed by atoms with Crippen LogP contribution in [-0.2, 0) is 4.74 Å². The summed E-state index contributed by atoms with van der Waals surface area (Å²) in [6, 6.07) is 3.46. The lowest BCUT2D eigenvalue weighted by Gasteiger charge is -2.26. The number of aromatic nitrogens is 1. The molecule has 0 spiro atoms. The van der Waals surface area contributed by atoms with Crippen LogP contribution in [0.3, 0.4) is 0 Å². The fraction of sp³-hybridized carbons (Fsp3) is 0.467. The Morgan fingerprint density at radius 3 is 3.05 bits per heavy atom. The van der Waals surface area contributed by atoms with Crippen molar-refractivity contribution in [1.29, 1.82) is 0 Å². The fourth-order valence-corrected chi connectivity index (χ4v) is 2.10. The Kier molecular flexibility index (Phi) is 6.18. The summed E-state index contributed by atoms with van der Waals surface area (Å²) in [7, 11) is 0. The number of nitrogens with zero attached hydrogens (tertiary/aromatic N) is 2. The second-order valence-electron chi connectivity index (χ2n) is 4.81. The normalized spacial score (nSPS) is 15.4. The third-order valence-electron chi connectivity index (χ3n) is 3.27. The monoisotopic (exact) mass is 290 g/mol. The average molecular weight is 290 g/mol. The summed E-state index contributed by atoms with van der Waals surface area (Å²) in [6.45, 7) is 9.15.